The molecule has 0 aliphatic heterocycles. The Hall–Kier alpha value is -2.80. The summed E-state index contributed by atoms with van der Waals surface area (Å²) in [7, 11) is 0. The Morgan fingerprint density at radius 2 is 1.33 bits per heavy atom. The largest absolute Gasteiger partial charge is 0.494 e. The molecule has 2 aromatic rings. The van der Waals surface area contributed by atoms with E-state index in [1.807, 2.05) is 55.5 Å². The first-order valence-electron chi connectivity index (χ1n) is 6.62. The fraction of sp³-hybridized carbons (Fsp3) is 0.176. The second kappa shape index (κ2) is 7.71. The van der Waals surface area contributed by atoms with Crippen LogP contribution in [-0.4, -0.2) is 13.2 Å². The highest BCUT2D eigenvalue weighted by atomic mass is 16.5. The second-order valence-electron chi connectivity index (χ2n) is 4.11. The summed E-state index contributed by atoms with van der Waals surface area (Å²) in [6.07, 6.45) is 5.13. The van der Waals surface area contributed by atoms with Crippen molar-refractivity contribution in [2.24, 2.45) is 10.2 Å². The van der Waals surface area contributed by atoms with Crippen molar-refractivity contribution >= 4 is 11.4 Å². The Balaban J connectivity index is 1.98. The first kappa shape index (κ1) is 14.6. The molecule has 0 heterocycles. The maximum atomic E-state index is 5.37. The molecule has 0 bridgehead atoms. The van der Waals surface area contributed by atoms with Crippen LogP contribution in [0.3, 0.4) is 0 Å². The zero-order valence-corrected chi connectivity index (χ0v) is 11.8. The van der Waals surface area contributed by atoms with Crippen LogP contribution in [0.5, 0.6) is 11.5 Å². The number of hydrogen-bond acceptors (Lipinski definition) is 4. The van der Waals surface area contributed by atoms with Gasteiger partial charge in [0.2, 0.25) is 0 Å². The Labute approximate surface area is 124 Å². The lowest BCUT2D eigenvalue weighted by molar-refractivity contribution is 0.340. The van der Waals surface area contributed by atoms with Crippen molar-refractivity contribution in [3.05, 3.63) is 48.5 Å². The van der Waals surface area contributed by atoms with Crippen LogP contribution in [0.4, 0.5) is 11.4 Å². The number of rotatable bonds is 6. The minimum absolute atomic E-state index is 0.257. The zero-order chi connectivity index (χ0) is 14.9. The summed E-state index contributed by atoms with van der Waals surface area (Å²) in [4.78, 5) is 0. The van der Waals surface area contributed by atoms with Crippen LogP contribution in [0.25, 0.3) is 0 Å². The van der Waals surface area contributed by atoms with Gasteiger partial charge in [-0.2, -0.15) is 10.2 Å². The van der Waals surface area contributed by atoms with E-state index >= 15 is 0 Å². The average molecular weight is 280 g/mol. The fourth-order valence-electron chi connectivity index (χ4n) is 1.63. The molecular weight excluding hydrogens is 264 g/mol. The zero-order valence-electron chi connectivity index (χ0n) is 11.8. The SMILES string of the molecule is C#CCOc1ccc(N=Nc2ccc(OCC)cc2)cc1. The van der Waals surface area contributed by atoms with E-state index in [9.17, 15) is 0 Å². The molecule has 2 aromatic carbocycles. The van der Waals surface area contributed by atoms with Crippen LogP contribution in [0.15, 0.2) is 58.8 Å². The van der Waals surface area contributed by atoms with Crippen LogP contribution in [-0.2, 0) is 0 Å². The minimum Gasteiger partial charge on any atom is -0.494 e. The first-order valence-corrected chi connectivity index (χ1v) is 6.62. The molecule has 0 spiro atoms. The van der Waals surface area contributed by atoms with Crippen LogP contribution in [0.2, 0.25) is 0 Å². The number of azo groups is 1. The molecule has 0 N–H and O–H groups in total. The predicted molar refractivity (Wildman–Crippen MR) is 82.6 cm³/mol. The van der Waals surface area contributed by atoms with Crippen molar-refractivity contribution in [2.75, 3.05) is 13.2 Å². The molecule has 0 aromatic heterocycles. The molecule has 21 heavy (non-hydrogen) atoms. The molecule has 0 radical (unpaired) electrons. The molecule has 0 aliphatic rings. The van der Waals surface area contributed by atoms with E-state index < -0.39 is 0 Å². The van der Waals surface area contributed by atoms with Gasteiger partial charge in [0.1, 0.15) is 18.1 Å². The number of hydrogen-bond donors (Lipinski definition) is 0. The van der Waals surface area contributed by atoms with E-state index in [2.05, 4.69) is 16.1 Å². The molecular formula is C17H16N2O2. The van der Waals surface area contributed by atoms with Gasteiger partial charge in [-0.3, -0.25) is 0 Å². The second-order valence-corrected chi connectivity index (χ2v) is 4.11. The maximum Gasteiger partial charge on any atom is 0.148 e. The molecule has 0 atom stereocenters. The topological polar surface area (TPSA) is 43.2 Å². The van der Waals surface area contributed by atoms with E-state index in [1.54, 1.807) is 0 Å². The lowest BCUT2D eigenvalue weighted by atomic mass is 10.3. The summed E-state index contributed by atoms with van der Waals surface area (Å²) < 4.78 is 10.7. The van der Waals surface area contributed by atoms with Gasteiger partial charge in [0.25, 0.3) is 0 Å². The lowest BCUT2D eigenvalue weighted by Crippen LogP contribution is -1.92. The summed E-state index contributed by atoms with van der Waals surface area (Å²) in [6.45, 7) is 2.85. The van der Waals surface area contributed by atoms with E-state index in [1.165, 1.54) is 0 Å². The van der Waals surface area contributed by atoms with Gasteiger partial charge in [-0.05, 0) is 55.5 Å². The van der Waals surface area contributed by atoms with Crippen molar-refractivity contribution in [1.82, 2.24) is 0 Å². The lowest BCUT2D eigenvalue weighted by Gasteiger charge is -2.02. The minimum atomic E-state index is 0.257. The highest BCUT2D eigenvalue weighted by Crippen LogP contribution is 2.22. The fourth-order valence-corrected chi connectivity index (χ4v) is 1.63. The van der Waals surface area contributed by atoms with Gasteiger partial charge in [0.15, 0.2) is 0 Å². The van der Waals surface area contributed by atoms with Gasteiger partial charge in [-0.1, -0.05) is 5.92 Å². The molecule has 2 rings (SSSR count). The van der Waals surface area contributed by atoms with Gasteiger partial charge in [-0.25, -0.2) is 0 Å². The smallest absolute Gasteiger partial charge is 0.148 e. The Bertz CT molecular complexity index is 625. The molecule has 106 valence electrons. The average Bonchev–Trinajstić information content (AvgIpc) is 2.53. The van der Waals surface area contributed by atoms with E-state index in [0.717, 1.165) is 17.1 Å². The summed E-state index contributed by atoms with van der Waals surface area (Å²) in [6, 6.07) is 14.7. The van der Waals surface area contributed by atoms with Crippen LogP contribution in [0, 0.1) is 12.3 Å². The van der Waals surface area contributed by atoms with E-state index in [0.29, 0.717) is 12.4 Å². The quantitative estimate of drug-likeness (QED) is 0.577. The molecule has 4 nitrogen and oxygen atoms in total. The third-order valence-electron chi connectivity index (χ3n) is 2.59. The van der Waals surface area contributed by atoms with Crippen molar-refractivity contribution in [3.8, 4) is 23.8 Å². The predicted octanol–water partition coefficient (Wildman–Crippen LogP) is 4.51. The van der Waals surface area contributed by atoms with Gasteiger partial charge in [-0.15, -0.1) is 6.42 Å². The summed E-state index contributed by atoms with van der Waals surface area (Å²) >= 11 is 0. The van der Waals surface area contributed by atoms with Crippen LogP contribution in [0.1, 0.15) is 6.92 Å². The van der Waals surface area contributed by atoms with Gasteiger partial charge >= 0.3 is 0 Å². The Morgan fingerprint density at radius 1 is 0.857 bits per heavy atom. The first-order chi connectivity index (χ1) is 10.3. The summed E-state index contributed by atoms with van der Waals surface area (Å²) in [5.41, 5.74) is 1.52. The monoisotopic (exact) mass is 280 g/mol. The van der Waals surface area contributed by atoms with Gasteiger partial charge in [0.05, 0.1) is 18.0 Å². The molecule has 0 fully saturated rings. The third kappa shape index (κ3) is 4.66. The standard InChI is InChI=1S/C17H16N2O2/c1-3-13-21-17-11-7-15(8-12-17)19-18-14-5-9-16(10-6-14)20-4-2/h1,5-12H,4,13H2,2H3. The van der Waals surface area contributed by atoms with Crippen molar-refractivity contribution in [1.29, 1.82) is 0 Å². The number of benzene rings is 2. The van der Waals surface area contributed by atoms with Gasteiger partial charge in [0, 0.05) is 0 Å². The highest BCUT2D eigenvalue weighted by molar-refractivity contribution is 5.44. The maximum absolute atomic E-state index is 5.37. The molecule has 0 unspecified atom stereocenters. The Kier molecular flexibility index (Phi) is 5.36. The number of ether oxygens (including phenoxy) is 2. The van der Waals surface area contributed by atoms with E-state index in [4.69, 9.17) is 15.9 Å². The van der Waals surface area contributed by atoms with E-state index in [-0.39, 0.29) is 6.61 Å². The summed E-state index contributed by atoms with van der Waals surface area (Å²) in [5.74, 6) is 3.96. The molecule has 0 amide bonds. The van der Waals surface area contributed by atoms with Crippen LogP contribution >= 0.6 is 0 Å². The Morgan fingerprint density at radius 3 is 1.76 bits per heavy atom. The molecule has 4 heteroatoms. The number of terminal acetylenes is 1. The van der Waals surface area contributed by atoms with Crippen molar-refractivity contribution in [3.63, 3.8) is 0 Å². The normalized spacial score (nSPS) is 10.3. The molecule has 0 saturated carbocycles. The third-order valence-corrected chi connectivity index (χ3v) is 2.59. The van der Waals surface area contributed by atoms with Crippen LogP contribution < -0.4 is 9.47 Å². The van der Waals surface area contributed by atoms with Crippen molar-refractivity contribution in [2.45, 2.75) is 6.92 Å². The van der Waals surface area contributed by atoms with Gasteiger partial charge < -0.3 is 9.47 Å². The number of nitrogens with zero attached hydrogens (tertiary/aromatic N) is 2. The molecule has 0 aliphatic carbocycles. The summed E-state index contributed by atoms with van der Waals surface area (Å²) in [5, 5.41) is 8.33. The highest BCUT2D eigenvalue weighted by Gasteiger charge is 1.95. The molecule has 0 saturated heterocycles. The van der Waals surface area contributed by atoms with Crippen molar-refractivity contribution < 1.29 is 9.47 Å².